The summed E-state index contributed by atoms with van der Waals surface area (Å²) in [5.41, 5.74) is 4.74. The lowest BCUT2D eigenvalue weighted by molar-refractivity contribution is -0.146. The summed E-state index contributed by atoms with van der Waals surface area (Å²) in [6.45, 7) is 15.4. The molecule has 40 heavy (non-hydrogen) atoms. The molecule has 1 aromatic heterocycles. The minimum absolute atomic E-state index is 0.0651. The Bertz CT molecular complexity index is 1390. The van der Waals surface area contributed by atoms with Crippen molar-refractivity contribution in [2.75, 3.05) is 7.11 Å². The summed E-state index contributed by atoms with van der Waals surface area (Å²) in [7, 11) is 1.68. The second-order valence-electron chi connectivity index (χ2n) is 13.1. The largest absolute Gasteiger partial charge is 0.497 e. The van der Waals surface area contributed by atoms with Crippen LogP contribution < -0.4 is 4.74 Å². The fourth-order valence-electron chi connectivity index (χ4n) is 9.39. The Morgan fingerprint density at radius 3 is 2.58 bits per heavy atom. The second-order valence-corrected chi connectivity index (χ2v) is 13.1. The number of rotatable bonds is 6. The SMILES string of the molecule is CC=CC1(C)C=CC(=O)C2(C)C1CCC(C)(C1=C(C)[C@H](c3ccoc3-c3ccc(OC)cc3C)CC1O)C2CC. The zero-order chi connectivity index (χ0) is 29.0. The number of fused-ring (bicyclic) bond motifs is 1. The van der Waals surface area contributed by atoms with Gasteiger partial charge in [-0.3, -0.25) is 4.79 Å². The molecule has 0 spiro atoms. The zero-order valence-corrected chi connectivity index (χ0v) is 25.5. The number of ether oxygens (including phenoxy) is 1. The third kappa shape index (κ3) is 4.09. The van der Waals surface area contributed by atoms with Crippen LogP contribution in [0.2, 0.25) is 0 Å². The molecule has 1 N–H and O–H groups in total. The van der Waals surface area contributed by atoms with Crippen LogP contribution in [0.1, 0.15) is 84.3 Å². The Hall–Kier alpha value is -2.85. The number of carbonyl (C=O) groups excluding carboxylic acids is 1. The van der Waals surface area contributed by atoms with Gasteiger partial charge in [-0.1, -0.05) is 57.9 Å². The molecule has 214 valence electrons. The van der Waals surface area contributed by atoms with Gasteiger partial charge in [0.25, 0.3) is 0 Å². The van der Waals surface area contributed by atoms with Crippen LogP contribution in [0.3, 0.4) is 0 Å². The highest BCUT2D eigenvalue weighted by molar-refractivity contribution is 5.96. The van der Waals surface area contributed by atoms with Crippen molar-refractivity contribution in [2.45, 2.75) is 86.2 Å². The Kier molecular flexibility index (Phi) is 7.32. The average Bonchev–Trinajstić information content (AvgIpc) is 3.50. The standard InChI is InChI=1S/C36H46O4/c1-9-16-34(5)17-14-31(38)36(7)29(10-2)35(6,18-13-30(34)36)32-23(4)27(21-28(32)37)26-15-19-40-33(26)25-12-11-24(39-8)20-22(25)3/h9,11-12,14-17,19-20,27-30,37H,10,13,18,21H2,1-8H3/t27-,28?,29?,30?,34?,35?,36?/m1/s1. The van der Waals surface area contributed by atoms with E-state index in [0.717, 1.165) is 53.0 Å². The van der Waals surface area contributed by atoms with Gasteiger partial charge in [-0.25, -0.2) is 0 Å². The second kappa shape index (κ2) is 10.2. The van der Waals surface area contributed by atoms with E-state index in [9.17, 15) is 9.90 Å². The molecule has 6 unspecified atom stereocenters. The van der Waals surface area contributed by atoms with Gasteiger partial charge in [-0.15, -0.1) is 0 Å². The van der Waals surface area contributed by atoms with Crippen molar-refractivity contribution in [3.05, 3.63) is 77.1 Å². The van der Waals surface area contributed by atoms with Gasteiger partial charge < -0.3 is 14.3 Å². The molecule has 1 heterocycles. The van der Waals surface area contributed by atoms with Crippen molar-refractivity contribution in [3.8, 4) is 17.1 Å². The lowest BCUT2D eigenvalue weighted by Crippen LogP contribution is -2.58. The number of aryl methyl sites for hydroxylation is 1. The lowest BCUT2D eigenvalue weighted by atomic mass is 9.42. The molecule has 0 amide bonds. The number of methoxy groups -OCH3 is 1. The van der Waals surface area contributed by atoms with Crippen LogP contribution in [0.4, 0.5) is 0 Å². The monoisotopic (exact) mass is 542 g/mol. The van der Waals surface area contributed by atoms with E-state index < -0.39 is 11.5 Å². The Morgan fingerprint density at radius 1 is 1.18 bits per heavy atom. The molecule has 0 saturated heterocycles. The maximum absolute atomic E-state index is 13.8. The van der Waals surface area contributed by atoms with Crippen LogP contribution in [-0.2, 0) is 4.79 Å². The fourth-order valence-corrected chi connectivity index (χ4v) is 9.39. The molecule has 1 fully saturated rings. The maximum Gasteiger partial charge on any atom is 0.161 e. The average molecular weight is 543 g/mol. The quantitative estimate of drug-likeness (QED) is 0.371. The van der Waals surface area contributed by atoms with Crippen molar-refractivity contribution in [3.63, 3.8) is 0 Å². The molecule has 0 bridgehead atoms. The highest BCUT2D eigenvalue weighted by Gasteiger charge is 2.62. The molecule has 0 aliphatic heterocycles. The van der Waals surface area contributed by atoms with E-state index in [0.29, 0.717) is 6.42 Å². The van der Waals surface area contributed by atoms with E-state index in [1.54, 1.807) is 13.4 Å². The highest BCUT2D eigenvalue weighted by Crippen LogP contribution is 2.66. The van der Waals surface area contributed by atoms with Crippen molar-refractivity contribution < 1.29 is 19.1 Å². The van der Waals surface area contributed by atoms with Gasteiger partial charge in [0.15, 0.2) is 5.78 Å². The molecule has 0 radical (unpaired) electrons. The molecule has 5 rings (SSSR count). The van der Waals surface area contributed by atoms with Gasteiger partial charge in [-0.05, 0) is 98.8 Å². The number of allylic oxidation sites excluding steroid dienone is 5. The van der Waals surface area contributed by atoms with Crippen molar-refractivity contribution in [1.82, 2.24) is 0 Å². The maximum atomic E-state index is 13.8. The Labute approximate surface area is 240 Å². The molecule has 4 nitrogen and oxygen atoms in total. The summed E-state index contributed by atoms with van der Waals surface area (Å²) in [6.07, 6.45) is 13.1. The third-order valence-electron chi connectivity index (χ3n) is 11.1. The van der Waals surface area contributed by atoms with E-state index >= 15 is 0 Å². The van der Waals surface area contributed by atoms with Crippen LogP contribution in [0.25, 0.3) is 11.3 Å². The number of ketones is 1. The van der Waals surface area contributed by atoms with Crippen molar-refractivity contribution >= 4 is 5.78 Å². The minimum atomic E-state index is -0.542. The third-order valence-corrected chi connectivity index (χ3v) is 11.1. The van der Waals surface area contributed by atoms with Gasteiger partial charge in [0.05, 0.1) is 19.5 Å². The van der Waals surface area contributed by atoms with E-state index in [2.05, 4.69) is 78.8 Å². The van der Waals surface area contributed by atoms with Gasteiger partial charge in [0.2, 0.25) is 0 Å². The van der Waals surface area contributed by atoms with E-state index in [1.165, 1.54) is 5.57 Å². The summed E-state index contributed by atoms with van der Waals surface area (Å²) in [5.74, 6) is 2.36. The predicted octanol–water partition coefficient (Wildman–Crippen LogP) is 8.60. The van der Waals surface area contributed by atoms with Crippen molar-refractivity contribution in [2.24, 2.45) is 28.1 Å². The molecule has 2 aromatic rings. The first-order valence-corrected chi connectivity index (χ1v) is 14.9. The molecule has 1 saturated carbocycles. The minimum Gasteiger partial charge on any atom is -0.497 e. The number of carbonyl (C=O) groups is 1. The van der Waals surface area contributed by atoms with Crippen LogP contribution in [0.15, 0.2) is 70.4 Å². The van der Waals surface area contributed by atoms with E-state index in [1.807, 2.05) is 18.2 Å². The zero-order valence-electron chi connectivity index (χ0n) is 25.5. The molecular formula is C36H46O4. The number of hydrogen-bond donors (Lipinski definition) is 1. The molecule has 3 aliphatic carbocycles. The highest BCUT2D eigenvalue weighted by atomic mass is 16.5. The molecule has 3 aliphatic rings. The van der Waals surface area contributed by atoms with Crippen LogP contribution in [-0.4, -0.2) is 24.1 Å². The number of aliphatic hydroxyl groups is 1. The predicted molar refractivity (Wildman–Crippen MR) is 161 cm³/mol. The van der Waals surface area contributed by atoms with Gasteiger partial charge in [0.1, 0.15) is 11.5 Å². The number of aliphatic hydroxyl groups excluding tert-OH is 1. The number of furan rings is 1. The number of hydrogen-bond acceptors (Lipinski definition) is 4. The molecule has 1 aromatic carbocycles. The van der Waals surface area contributed by atoms with Crippen molar-refractivity contribution in [1.29, 1.82) is 0 Å². The molecule has 7 atom stereocenters. The topological polar surface area (TPSA) is 59.7 Å². The molecular weight excluding hydrogens is 496 g/mol. The smallest absolute Gasteiger partial charge is 0.161 e. The van der Waals surface area contributed by atoms with E-state index in [4.69, 9.17) is 9.15 Å². The van der Waals surface area contributed by atoms with Crippen LogP contribution >= 0.6 is 0 Å². The summed E-state index contributed by atoms with van der Waals surface area (Å²) < 4.78 is 11.5. The fraction of sp³-hybridized carbons (Fsp3) is 0.528. The summed E-state index contributed by atoms with van der Waals surface area (Å²) in [6, 6.07) is 8.12. The van der Waals surface area contributed by atoms with Crippen LogP contribution in [0.5, 0.6) is 5.75 Å². The Morgan fingerprint density at radius 2 is 1.93 bits per heavy atom. The Balaban J connectivity index is 1.58. The summed E-state index contributed by atoms with van der Waals surface area (Å²) >= 11 is 0. The summed E-state index contributed by atoms with van der Waals surface area (Å²) in [5, 5.41) is 11.8. The lowest BCUT2D eigenvalue weighted by Gasteiger charge is -2.60. The van der Waals surface area contributed by atoms with Gasteiger partial charge in [-0.2, -0.15) is 0 Å². The van der Waals surface area contributed by atoms with Gasteiger partial charge >= 0.3 is 0 Å². The van der Waals surface area contributed by atoms with Crippen LogP contribution in [0, 0.1) is 35.0 Å². The normalized spacial score (nSPS) is 36.0. The van der Waals surface area contributed by atoms with Gasteiger partial charge in [0, 0.05) is 27.9 Å². The first kappa shape index (κ1) is 28.7. The van der Waals surface area contributed by atoms with E-state index in [-0.39, 0.29) is 34.4 Å². The first-order chi connectivity index (χ1) is 19.0. The molecule has 4 heteroatoms. The summed E-state index contributed by atoms with van der Waals surface area (Å²) in [4.78, 5) is 13.8. The number of benzene rings is 1. The first-order valence-electron chi connectivity index (χ1n) is 14.9.